The predicted octanol–water partition coefficient (Wildman–Crippen LogP) is 2.16. The van der Waals surface area contributed by atoms with Crippen molar-refractivity contribution >= 4 is 17.7 Å². The predicted molar refractivity (Wildman–Crippen MR) is 85.1 cm³/mol. The third kappa shape index (κ3) is 3.24. The van der Waals surface area contributed by atoms with Crippen LogP contribution in [-0.4, -0.2) is 46.0 Å². The number of rotatable bonds is 2. The minimum absolute atomic E-state index is 0.122. The van der Waals surface area contributed by atoms with E-state index in [1.807, 2.05) is 0 Å². The van der Waals surface area contributed by atoms with Crippen molar-refractivity contribution in [1.82, 2.24) is 19.7 Å². The molecule has 1 aliphatic heterocycles. The number of nitrogens with one attached hydrogen (secondary N) is 1. The molecule has 0 bridgehead atoms. The maximum Gasteiger partial charge on any atom is 0.409 e. The second-order valence-corrected chi connectivity index (χ2v) is 5.87. The topological polar surface area (TPSA) is 80.2 Å². The van der Waals surface area contributed by atoms with Gasteiger partial charge in [-0.3, -0.25) is 4.98 Å². The van der Waals surface area contributed by atoms with E-state index in [1.165, 1.54) is 11.8 Å². The number of hydrogen-bond donors (Lipinski definition) is 1. The highest BCUT2D eigenvalue weighted by atomic mass is 35.5. The Morgan fingerprint density at radius 1 is 1.30 bits per heavy atom. The number of H-pyrrole nitrogens is 1. The summed E-state index contributed by atoms with van der Waals surface area (Å²) in [5.74, 6) is 0.770. The molecule has 3 rings (SSSR count). The molecule has 1 fully saturated rings. The lowest BCUT2D eigenvalue weighted by Gasteiger charge is -2.29. The molecule has 7 nitrogen and oxygen atoms in total. The molecular weight excluding hydrogens is 320 g/mol. The lowest BCUT2D eigenvalue weighted by molar-refractivity contribution is 0.111. The average Bonchev–Trinajstić information content (AvgIpc) is 2.97. The Morgan fingerprint density at radius 3 is 2.57 bits per heavy atom. The van der Waals surface area contributed by atoms with Crippen molar-refractivity contribution in [3.63, 3.8) is 0 Å². The summed E-state index contributed by atoms with van der Waals surface area (Å²) < 4.78 is 6.05. The number of likely N-dealkylation sites (tertiary alicyclic amines) is 1. The van der Waals surface area contributed by atoms with E-state index in [1.54, 1.807) is 29.2 Å². The lowest BCUT2D eigenvalue weighted by atomic mass is 9.96. The molecule has 0 saturated carbocycles. The van der Waals surface area contributed by atoms with Crippen molar-refractivity contribution < 1.29 is 9.53 Å². The molecule has 0 radical (unpaired) electrons. The Morgan fingerprint density at radius 2 is 1.96 bits per heavy atom. The van der Waals surface area contributed by atoms with Gasteiger partial charge < -0.3 is 9.64 Å². The van der Waals surface area contributed by atoms with Crippen molar-refractivity contribution in [3.8, 4) is 5.69 Å². The van der Waals surface area contributed by atoms with Gasteiger partial charge >= 0.3 is 11.8 Å². The molecule has 122 valence electrons. The minimum Gasteiger partial charge on any atom is -0.453 e. The van der Waals surface area contributed by atoms with Gasteiger partial charge in [0, 0.05) is 24.0 Å². The molecule has 2 heterocycles. The number of halogens is 1. The summed E-state index contributed by atoms with van der Waals surface area (Å²) in [5, 5.41) is 5.00. The number of nitrogens with zero attached hydrogens (tertiary/aromatic N) is 3. The highest BCUT2D eigenvalue weighted by Crippen LogP contribution is 2.25. The van der Waals surface area contributed by atoms with Crippen LogP contribution in [0.2, 0.25) is 5.02 Å². The van der Waals surface area contributed by atoms with Crippen molar-refractivity contribution in [2.75, 3.05) is 20.2 Å². The zero-order valence-electron chi connectivity index (χ0n) is 12.7. The number of piperidine rings is 1. The third-order valence-electron chi connectivity index (χ3n) is 4.02. The number of carbonyl (C=O) groups is 1. The molecule has 1 aliphatic rings. The Bertz CT molecular complexity index is 745. The Labute approximate surface area is 137 Å². The summed E-state index contributed by atoms with van der Waals surface area (Å²) in [7, 11) is 1.37. The van der Waals surface area contributed by atoms with Gasteiger partial charge in [0.1, 0.15) is 5.82 Å². The van der Waals surface area contributed by atoms with Crippen LogP contribution in [0.4, 0.5) is 4.79 Å². The van der Waals surface area contributed by atoms with E-state index in [9.17, 15) is 9.59 Å². The molecule has 0 atom stereocenters. The van der Waals surface area contributed by atoms with Gasteiger partial charge in [0.2, 0.25) is 0 Å². The van der Waals surface area contributed by atoms with Gasteiger partial charge in [0.25, 0.3) is 0 Å². The number of ether oxygens (including phenoxy) is 1. The van der Waals surface area contributed by atoms with Crippen LogP contribution >= 0.6 is 11.6 Å². The van der Waals surface area contributed by atoms with E-state index < -0.39 is 0 Å². The normalized spacial score (nSPS) is 15.7. The molecule has 1 saturated heterocycles. The van der Waals surface area contributed by atoms with E-state index in [2.05, 4.69) is 10.1 Å². The summed E-state index contributed by atoms with van der Waals surface area (Å²) in [6, 6.07) is 6.92. The van der Waals surface area contributed by atoms with Crippen LogP contribution in [0.5, 0.6) is 0 Å². The lowest BCUT2D eigenvalue weighted by Crippen LogP contribution is -2.38. The van der Waals surface area contributed by atoms with Crippen LogP contribution in [-0.2, 0) is 4.74 Å². The van der Waals surface area contributed by atoms with Gasteiger partial charge in [-0.2, -0.15) is 4.68 Å². The molecule has 0 spiro atoms. The molecular formula is C15H17ClN4O3. The molecule has 0 unspecified atom stereocenters. The molecule has 1 aromatic carbocycles. The molecule has 0 aliphatic carbocycles. The Kier molecular flexibility index (Phi) is 4.38. The van der Waals surface area contributed by atoms with Gasteiger partial charge in [0.15, 0.2) is 0 Å². The van der Waals surface area contributed by atoms with Crippen molar-refractivity contribution in [2.24, 2.45) is 0 Å². The first kappa shape index (κ1) is 15.6. The quantitative estimate of drug-likeness (QED) is 0.911. The SMILES string of the molecule is COC(=O)N1CCC(c2nn(-c3ccc(Cl)cc3)c(=O)[nH]2)CC1. The van der Waals surface area contributed by atoms with Crippen LogP contribution in [0.25, 0.3) is 5.69 Å². The number of hydrogen-bond acceptors (Lipinski definition) is 4. The van der Waals surface area contributed by atoms with Crippen LogP contribution < -0.4 is 5.69 Å². The second kappa shape index (κ2) is 6.45. The smallest absolute Gasteiger partial charge is 0.409 e. The fourth-order valence-corrected chi connectivity index (χ4v) is 2.87. The van der Waals surface area contributed by atoms with Crippen LogP contribution in [0.1, 0.15) is 24.6 Å². The number of carbonyl (C=O) groups excluding carboxylic acids is 1. The van der Waals surface area contributed by atoms with Crippen molar-refractivity contribution in [3.05, 3.63) is 45.6 Å². The molecule has 1 N–H and O–H groups in total. The summed E-state index contributed by atoms with van der Waals surface area (Å²) in [5.41, 5.74) is 0.381. The zero-order valence-corrected chi connectivity index (χ0v) is 13.4. The van der Waals surface area contributed by atoms with Gasteiger partial charge in [-0.25, -0.2) is 9.59 Å². The highest BCUT2D eigenvalue weighted by Gasteiger charge is 2.26. The summed E-state index contributed by atoms with van der Waals surface area (Å²) in [6.07, 6.45) is 1.16. The van der Waals surface area contributed by atoms with Crippen LogP contribution in [0.15, 0.2) is 29.1 Å². The Hall–Kier alpha value is -2.28. The summed E-state index contributed by atoms with van der Waals surface area (Å²) in [6.45, 7) is 1.18. The second-order valence-electron chi connectivity index (χ2n) is 5.43. The van der Waals surface area contributed by atoms with E-state index in [0.717, 1.165) is 12.8 Å². The van der Waals surface area contributed by atoms with E-state index >= 15 is 0 Å². The summed E-state index contributed by atoms with van der Waals surface area (Å²) in [4.78, 5) is 28.1. The van der Waals surface area contributed by atoms with E-state index in [4.69, 9.17) is 16.3 Å². The maximum absolute atomic E-state index is 12.1. The van der Waals surface area contributed by atoms with E-state index in [-0.39, 0.29) is 17.7 Å². The largest absolute Gasteiger partial charge is 0.453 e. The molecule has 1 amide bonds. The number of benzene rings is 1. The maximum atomic E-state index is 12.1. The molecule has 8 heteroatoms. The van der Waals surface area contributed by atoms with Gasteiger partial charge in [0.05, 0.1) is 12.8 Å². The highest BCUT2D eigenvalue weighted by molar-refractivity contribution is 6.30. The summed E-state index contributed by atoms with van der Waals surface area (Å²) >= 11 is 5.86. The fourth-order valence-electron chi connectivity index (χ4n) is 2.75. The standard InChI is InChI=1S/C15H17ClN4O3/c1-23-15(22)19-8-6-10(7-9-19)13-17-14(21)20(18-13)12-4-2-11(16)3-5-12/h2-5,10H,6-9H2,1H3,(H,17,18,21). The number of aromatic amines is 1. The average molecular weight is 337 g/mol. The number of methoxy groups -OCH3 is 1. The minimum atomic E-state index is -0.316. The molecule has 23 heavy (non-hydrogen) atoms. The van der Waals surface area contributed by atoms with Crippen molar-refractivity contribution in [2.45, 2.75) is 18.8 Å². The van der Waals surface area contributed by atoms with Crippen LogP contribution in [0.3, 0.4) is 0 Å². The molecule has 2 aromatic rings. The van der Waals surface area contributed by atoms with Gasteiger partial charge in [-0.1, -0.05) is 11.6 Å². The van der Waals surface area contributed by atoms with Crippen LogP contribution in [0, 0.1) is 0 Å². The fraction of sp³-hybridized carbons (Fsp3) is 0.400. The zero-order chi connectivity index (χ0) is 16.4. The number of aromatic nitrogens is 3. The Balaban J connectivity index is 1.76. The molecule has 1 aromatic heterocycles. The number of amides is 1. The third-order valence-corrected chi connectivity index (χ3v) is 4.27. The van der Waals surface area contributed by atoms with E-state index in [0.29, 0.717) is 29.6 Å². The van der Waals surface area contributed by atoms with Crippen molar-refractivity contribution in [1.29, 1.82) is 0 Å². The first-order valence-electron chi connectivity index (χ1n) is 7.36. The first-order chi connectivity index (χ1) is 11.1. The van der Waals surface area contributed by atoms with Gasteiger partial charge in [-0.15, -0.1) is 5.10 Å². The monoisotopic (exact) mass is 336 g/mol. The first-order valence-corrected chi connectivity index (χ1v) is 7.74. The van der Waals surface area contributed by atoms with Gasteiger partial charge in [-0.05, 0) is 37.1 Å².